The van der Waals surface area contributed by atoms with E-state index in [9.17, 15) is 0 Å². The zero-order valence-corrected chi connectivity index (χ0v) is 16.6. The minimum Gasteiger partial charge on any atom is -0.373 e. The van der Waals surface area contributed by atoms with Gasteiger partial charge in [0, 0.05) is 31.9 Å². The monoisotopic (exact) mass is 348 g/mol. The van der Waals surface area contributed by atoms with E-state index in [0.29, 0.717) is 26.4 Å². The highest BCUT2D eigenvalue weighted by atomic mass is 28.4. The molecule has 0 heterocycles. The molecule has 0 radical (unpaired) electrons. The lowest BCUT2D eigenvalue weighted by molar-refractivity contribution is 0.0553. The van der Waals surface area contributed by atoms with E-state index >= 15 is 0 Å². The molecule has 1 unspecified atom stereocenters. The molecule has 4 N–H and O–H groups in total. The summed E-state index contributed by atoms with van der Waals surface area (Å²) in [6, 6.07) is 0.900. The SMILES string of the molecule is CCCCO[Si](CCC(N)CCN)(OCCCC)OCCCC. The van der Waals surface area contributed by atoms with Gasteiger partial charge in [-0.2, -0.15) is 0 Å². The summed E-state index contributed by atoms with van der Waals surface area (Å²) in [4.78, 5) is 0. The van der Waals surface area contributed by atoms with Crippen LogP contribution in [0.25, 0.3) is 0 Å². The van der Waals surface area contributed by atoms with Crippen molar-refractivity contribution in [2.75, 3.05) is 26.4 Å². The van der Waals surface area contributed by atoms with Crippen LogP contribution < -0.4 is 11.5 Å². The van der Waals surface area contributed by atoms with Crippen molar-refractivity contribution in [1.29, 1.82) is 0 Å². The van der Waals surface area contributed by atoms with Crippen LogP contribution in [0, 0.1) is 0 Å². The smallest absolute Gasteiger partial charge is 0.373 e. The number of hydrogen-bond donors (Lipinski definition) is 2. The molecule has 0 aromatic heterocycles. The first kappa shape index (κ1) is 23.0. The molecule has 0 aliphatic rings. The fourth-order valence-electron chi connectivity index (χ4n) is 2.18. The molecule has 23 heavy (non-hydrogen) atoms. The third-order valence-electron chi connectivity index (χ3n) is 3.82. The quantitative estimate of drug-likeness (QED) is 0.311. The molecule has 6 heteroatoms. The van der Waals surface area contributed by atoms with E-state index < -0.39 is 8.80 Å². The first-order valence-electron chi connectivity index (χ1n) is 9.51. The highest BCUT2D eigenvalue weighted by molar-refractivity contribution is 6.60. The fraction of sp³-hybridized carbons (Fsp3) is 1.00. The number of rotatable bonds is 17. The van der Waals surface area contributed by atoms with E-state index in [1.807, 2.05) is 0 Å². The van der Waals surface area contributed by atoms with Crippen LogP contribution >= 0.6 is 0 Å². The van der Waals surface area contributed by atoms with Gasteiger partial charge in [0.2, 0.25) is 0 Å². The van der Waals surface area contributed by atoms with E-state index in [0.717, 1.165) is 57.4 Å². The van der Waals surface area contributed by atoms with Gasteiger partial charge in [-0.3, -0.25) is 0 Å². The molecule has 0 saturated carbocycles. The minimum absolute atomic E-state index is 0.103. The van der Waals surface area contributed by atoms with Gasteiger partial charge in [0.25, 0.3) is 0 Å². The highest BCUT2D eigenvalue weighted by Crippen LogP contribution is 2.21. The van der Waals surface area contributed by atoms with E-state index in [1.54, 1.807) is 0 Å². The molecule has 0 aliphatic carbocycles. The van der Waals surface area contributed by atoms with Crippen LogP contribution in [0.2, 0.25) is 6.04 Å². The summed E-state index contributed by atoms with van der Waals surface area (Å²) in [6.07, 6.45) is 8.15. The van der Waals surface area contributed by atoms with Crippen molar-refractivity contribution in [3.63, 3.8) is 0 Å². The van der Waals surface area contributed by atoms with Crippen LogP contribution in [0.4, 0.5) is 0 Å². The predicted molar refractivity (Wildman–Crippen MR) is 99.4 cm³/mol. The van der Waals surface area contributed by atoms with Crippen LogP contribution in [0.1, 0.15) is 72.1 Å². The molecule has 0 aromatic carbocycles. The average molecular weight is 349 g/mol. The first-order chi connectivity index (χ1) is 11.1. The van der Waals surface area contributed by atoms with E-state index in [1.165, 1.54) is 0 Å². The number of nitrogens with two attached hydrogens (primary N) is 2. The van der Waals surface area contributed by atoms with Crippen LogP contribution in [-0.2, 0) is 13.3 Å². The molecule has 0 rings (SSSR count). The Hall–Kier alpha value is 0.0169. The molecular weight excluding hydrogens is 308 g/mol. The van der Waals surface area contributed by atoms with E-state index in [-0.39, 0.29) is 6.04 Å². The van der Waals surface area contributed by atoms with Crippen molar-refractivity contribution in [1.82, 2.24) is 0 Å². The minimum atomic E-state index is -2.62. The number of unbranched alkanes of at least 4 members (excludes halogenated alkanes) is 3. The number of hydrogen-bond acceptors (Lipinski definition) is 5. The molecule has 0 spiro atoms. The standard InChI is InChI=1S/C17H40N2O3Si/c1-4-7-13-20-23(21-14-8-5-2,22-15-9-6-3)16-11-17(19)10-12-18/h17H,4-16,18-19H2,1-3H3. The second-order valence-electron chi connectivity index (χ2n) is 6.17. The third kappa shape index (κ3) is 12.1. The van der Waals surface area contributed by atoms with Gasteiger partial charge in [-0.05, 0) is 38.6 Å². The van der Waals surface area contributed by atoms with Crippen molar-refractivity contribution >= 4 is 8.80 Å². The summed E-state index contributed by atoms with van der Waals surface area (Å²) in [5.41, 5.74) is 11.7. The molecule has 0 aromatic rings. The molecule has 140 valence electrons. The summed E-state index contributed by atoms with van der Waals surface area (Å²) in [7, 11) is -2.62. The molecule has 0 amide bonds. The van der Waals surface area contributed by atoms with Gasteiger partial charge in [-0.25, -0.2) is 0 Å². The normalized spacial score (nSPS) is 13.4. The predicted octanol–water partition coefficient (Wildman–Crippen LogP) is 3.44. The van der Waals surface area contributed by atoms with Gasteiger partial charge in [0.05, 0.1) is 0 Å². The van der Waals surface area contributed by atoms with Gasteiger partial charge in [-0.1, -0.05) is 40.0 Å². The third-order valence-corrected chi connectivity index (χ3v) is 6.65. The summed E-state index contributed by atoms with van der Waals surface area (Å²) in [5.74, 6) is 0. The van der Waals surface area contributed by atoms with Crippen molar-refractivity contribution in [3.05, 3.63) is 0 Å². The van der Waals surface area contributed by atoms with Crippen LogP contribution in [0.3, 0.4) is 0 Å². The first-order valence-corrected chi connectivity index (χ1v) is 11.4. The Kier molecular flexibility index (Phi) is 15.6. The Bertz CT molecular complexity index is 231. The van der Waals surface area contributed by atoms with Crippen molar-refractivity contribution in [3.8, 4) is 0 Å². The van der Waals surface area contributed by atoms with Gasteiger partial charge in [0.15, 0.2) is 0 Å². The lowest BCUT2D eigenvalue weighted by Gasteiger charge is -2.30. The zero-order chi connectivity index (χ0) is 17.4. The fourth-order valence-corrected chi connectivity index (χ4v) is 4.95. The Labute approximate surface area is 144 Å². The molecule has 1 atom stereocenters. The van der Waals surface area contributed by atoms with Gasteiger partial charge >= 0.3 is 8.80 Å². The second kappa shape index (κ2) is 15.5. The Balaban J connectivity index is 4.70. The Morgan fingerprint density at radius 1 is 0.783 bits per heavy atom. The lowest BCUT2D eigenvalue weighted by atomic mass is 10.2. The molecule has 5 nitrogen and oxygen atoms in total. The Morgan fingerprint density at radius 3 is 1.57 bits per heavy atom. The maximum atomic E-state index is 6.20. The van der Waals surface area contributed by atoms with Gasteiger partial charge < -0.3 is 24.7 Å². The lowest BCUT2D eigenvalue weighted by Crippen LogP contribution is -2.47. The second-order valence-corrected chi connectivity index (χ2v) is 8.90. The highest BCUT2D eigenvalue weighted by Gasteiger charge is 2.41. The molecule has 0 bridgehead atoms. The summed E-state index contributed by atoms with van der Waals surface area (Å²) < 4.78 is 18.6. The topological polar surface area (TPSA) is 79.7 Å². The largest absolute Gasteiger partial charge is 0.501 e. The van der Waals surface area contributed by atoms with Gasteiger partial charge in [-0.15, -0.1) is 0 Å². The summed E-state index contributed by atoms with van der Waals surface area (Å²) >= 11 is 0. The van der Waals surface area contributed by atoms with E-state index in [4.69, 9.17) is 24.7 Å². The summed E-state index contributed by atoms with van der Waals surface area (Å²) in [6.45, 7) is 9.27. The van der Waals surface area contributed by atoms with Crippen LogP contribution in [0.15, 0.2) is 0 Å². The average Bonchev–Trinajstić information content (AvgIpc) is 2.54. The molecule has 0 fully saturated rings. The maximum Gasteiger partial charge on any atom is 0.501 e. The molecular formula is C17H40N2O3Si. The van der Waals surface area contributed by atoms with Crippen LogP contribution in [-0.4, -0.2) is 41.2 Å². The maximum absolute atomic E-state index is 6.20. The van der Waals surface area contributed by atoms with Gasteiger partial charge in [0.1, 0.15) is 0 Å². The summed E-state index contributed by atoms with van der Waals surface area (Å²) in [5, 5.41) is 0. The van der Waals surface area contributed by atoms with Crippen molar-refractivity contribution in [2.24, 2.45) is 11.5 Å². The van der Waals surface area contributed by atoms with Crippen molar-refractivity contribution in [2.45, 2.75) is 84.2 Å². The Morgan fingerprint density at radius 2 is 1.22 bits per heavy atom. The van der Waals surface area contributed by atoms with E-state index in [2.05, 4.69) is 20.8 Å². The van der Waals surface area contributed by atoms with Crippen LogP contribution in [0.5, 0.6) is 0 Å². The van der Waals surface area contributed by atoms with Crippen molar-refractivity contribution < 1.29 is 13.3 Å². The molecule has 0 saturated heterocycles. The molecule has 0 aliphatic heterocycles. The zero-order valence-electron chi connectivity index (χ0n) is 15.6.